The molecule has 0 nitrogen and oxygen atoms in total. The zero-order valence-corrected chi connectivity index (χ0v) is 8.91. The summed E-state index contributed by atoms with van der Waals surface area (Å²) >= 11 is 6.28. The number of hydrogen-bond donors (Lipinski definition) is 0. The van der Waals surface area contributed by atoms with Crippen molar-refractivity contribution >= 4 is 17.7 Å². The number of hydrogen-bond acceptors (Lipinski definition) is 0. The van der Waals surface area contributed by atoms with E-state index in [-0.39, 0.29) is 5.38 Å². The van der Waals surface area contributed by atoms with Crippen LogP contribution in [0.3, 0.4) is 0 Å². The maximum absolute atomic E-state index is 6.28. The summed E-state index contributed by atoms with van der Waals surface area (Å²) in [4.78, 5) is 0. The highest BCUT2D eigenvalue weighted by Gasteiger charge is 2.21. The van der Waals surface area contributed by atoms with Gasteiger partial charge in [0.05, 0.1) is 5.38 Å². The first kappa shape index (κ1) is 9.54. The lowest BCUT2D eigenvalue weighted by molar-refractivity contribution is 0.886. The Hall–Kier alpha value is -1.01. The molecule has 1 heteroatoms. The second-order valence-electron chi connectivity index (χ2n) is 3.48. The molecule has 0 heterocycles. The van der Waals surface area contributed by atoms with Gasteiger partial charge in [0.2, 0.25) is 0 Å². The number of fused-ring (bicyclic) bond motifs is 1. The Labute approximate surface area is 89.9 Å². The molecule has 0 fully saturated rings. The summed E-state index contributed by atoms with van der Waals surface area (Å²) in [5.41, 5.74) is 2.64. The molecule has 14 heavy (non-hydrogen) atoms. The predicted molar refractivity (Wildman–Crippen MR) is 62.7 cm³/mol. The van der Waals surface area contributed by atoms with Crippen molar-refractivity contribution in [1.29, 1.82) is 0 Å². The third-order valence-electron chi connectivity index (χ3n) is 2.56. The number of alkyl halides is 1. The van der Waals surface area contributed by atoms with E-state index in [9.17, 15) is 0 Å². The van der Waals surface area contributed by atoms with E-state index in [0.717, 1.165) is 0 Å². The van der Waals surface area contributed by atoms with Crippen molar-refractivity contribution in [2.75, 3.05) is 0 Å². The molecule has 0 aliphatic heterocycles. The molecule has 1 aliphatic carbocycles. The molecule has 0 saturated carbocycles. The highest BCUT2D eigenvalue weighted by Crippen LogP contribution is 2.34. The van der Waals surface area contributed by atoms with Gasteiger partial charge in [0.15, 0.2) is 0 Å². The van der Waals surface area contributed by atoms with Crippen LogP contribution < -0.4 is 0 Å². The van der Waals surface area contributed by atoms with Gasteiger partial charge in [-0.1, -0.05) is 48.6 Å². The Morgan fingerprint density at radius 3 is 2.93 bits per heavy atom. The predicted octanol–water partition coefficient (Wildman–Crippen LogP) is 3.98. The van der Waals surface area contributed by atoms with Crippen LogP contribution in [0.4, 0.5) is 0 Å². The second-order valence-corrected chi connectivity index (χ2v) is 3.99. The van der Waals surface area contributed by atoms with Gasteiger partial charge in [-0.25, -0.2) is 0 Å². The fourth-order valence-corrected chi connectivity index (χ4v) is 2.22. The van der Waals surface area contributed by atoms with E-state index in [0.29, 0.717) is 5.92 Å². The van der Waals surface area contributed by atoms with Crippen molar-refractivity contribution in [3.05, 3.63) is 53.6 Å². The summed E-state index contributed by atoms with van der Waals surface area (Å²) in [6.45, 7) is 2.00. The normalized spacial score (nSPS) is 21.4. The molecule has 0 saturated heterocycles. The van der Waals surface area contributed by atoms with Gasteiger partial charge in [-0.05, 0) is 18.1 Å². The van der Waals surface area contributed by atoms with Gasteiger partial charge < -0.3 is 0 Å². The summed E-state index contributed by atoms with van der Waals surface area (Å²) in [5, 5.41) is 0.0694. The minimum atomic E-state index is 0.0694. The maximum Gasteiger partial charge on any atom is 0.0619 e. The summed E-state index contributed by atoms with van der Waals surface area (Å²) in [6.07, 6.45) is 8.38. The average Bonchev–Trinajstić information content (AvgIpc) is 2.61. The van der Waals surface area contributed by atoms with Gasteiger partial charge >= 0.3 is 0 Å². The molecule has 0 spiro atoms. The molecular formula is C13H13Cl. The lowest BCUT2D eigenvalue weighted by atomic mass is 9.97. The minimum absolute atomic E-state index is 0.0694. The fraction of sp³-hybridized carbons (Fsp3) is 0.231. The standard InChI is InChI=1S/C13H13Cl/c1-2-5-13(14)12-9-8-10-6-3-4-7-11(10)12/h2-9,12-13H,1H3. The van der Waals surface area contributed by atoms with Crippen LogP contribution in [-0.4, -0.2) is 5.38 Å². The van der Waals surface area contributed by atoms with Crippen LogP contribution >= 0.6 is 11.6 Å². The molecule has 0 N–H and O–H groups in total. The van der Waals surface area contributed by atoms with Gasteiger partial charge in [-0.15, -0.1) is 11.6 Å². The van der Waals surface area contributed by atoms with E-state index in [2.05, 4.69) is 36.4 Å². The zero-order chi connectivity index (χ0) is 9.97. The van der Waals surface area contributed by atoms with Gasteiger partial charge in [0.25, 0.3) is 0 Å². The van der Waals surface area contributed by atoms with Crippen LogP contribution in [0.5, 0.6) is 0 Å². The Morgan fingerprint density at radius 2 is 2.14 bits per heavy atom. The minimum Gasteiger partial charge on any atom is -0.117 e. The molecule has 72 valence electrons. The van der Waals surface area contributed by atoms with Crippen LogP contribution in [0.25, 0.3) is 6.08 Å². The zero-order valence-electron chi connectivity index (χ0n) is 8.15. The van der Waals surface area contributed by atoms with E-state index >= 15 is 0 Å². The van der Waals surface area contributed by atoms with E-state index in [4.69, 9.17) is 11.6 Å². The molecule has 0 radical (unpaired) electrons. The van der Waals surface area contributed by atoms with Crippen molar-refractivity contribution in [2.45, 2.75) is 18.2 Å². The van der Waals surface area contributed by atoms with E-state index < -0.39 is 0 Å². The highest BCUT2D eigenvalue weighted by atomic mass is 35.5. The highest BCUT2D eigenvalue weighted by molar-refractivity contribution is 6.22. The number of allylic oxidation sites excluding steroid dienone is 3. The van der Waals surface area contributed by atoms with Crippen LogP contribution in [-0.2, 0) is 0 Å². The third kappa shape index (κ3) is 1.62. The number of halogens is 1. The molecule has 1 aromatic carbocycles. The van der Waals surface area contributed by atoms with E-state index in [1.807, 2.05) is 19.1 Å². The van der Waals surface area contributed by atoms with Gasteiger partial charge in [0, 0.05) is 5.92 Å². The quantitative estimate of drug-likeness (QED) is 0.505. The van der Waals surface area contributed by atoms with Gasteiger partial charge in [0.1, 0.15) is 0 Å². The molecule has 0 bridgehead atoms. The topological polar surface area (TPSA) is 0 Å². The van der Waals surface area contributed by atoms with Gasteiger partial charge in [-0.3, -0.25) is 0 Å². The van der Waals surface area contributed by atoms with Crippen LogP contribution in [0.1, 0.15) is 24.0 Å². The first-order valence-electron chi connectivity index (χ1n) is 4.87. The van der Waals surface area contributed by atoms with E-state index in [1.54, 1.807) is 0 Å². The molecule has 2 unspecified atom stereocenters. The first-order chi connectivity index (χ1) is 6.83. The van der Waals surface area contributed by atoms with Gasteiger partial charge in [-0.2, -0.15) is 0 Å². The summed E-state index contributed by atoms with van der Waals surface area (Å²) in [7, 11) is 0. The van der Waals surface area contributed by atoms with E-state index in [1.165, 1.54) is 11.1 Å². The maximum atomic E-state index is 6.28. The van der Waals surface area contributed by atoms with Crippen LogP contribution in [0.15, 0.2) is 42.5 Å². The SMILES string of the molecule is CC=CC(Cl)C1C=Cc2ccccc21. The summed E-state index contributed by atoms with van der Waals surface area (Å²) in [5.74, 6) is 0.337. The Balaban J connectivity index is 2.30. The Kier molecular flexibility index (Phi) is 2.74. The molecular weight excluding hydrogens is 192 g/mol. The molecule has 0 amide bonds. The van der Waals surface area contributed by atoms with Crippen molar-refractivity contribution in [3.8, 4) is 0 Å². The number of benzene rings is 1. The average molecular weight is 205 g/mol. The lowest BCUT2D eigenvalue weighted by Gasteiger charge is -2.13. The summed E-state index contributed by atoms with van der Waals surface area (Å²) < 4.78 is 0. The van der Waals surface area contributed by atoms with Crippen LogP contribution in [0.2, 0.25) is 0 Å². The Morgan fingerprint density at radius 1 is 1.36 bits per heavy atom. The molecule has 2 rings (SSSR count). The third-order valence-corrected chi connectivity index (χ3v) is 2.97. The monoisotopic (exact) mass is 204 g/mol. The van der Waals surface area contributed by atoms with Crippen molar-refractivity contribution in [2.24, 2.45) is 0 Å². The Bertz CT molecular complexity index is 377. The lowest BCUT2D eigenvalue weighted by Crippen LogP contribution is -2.06. The van der Waals surface area contributed by atoms with Crippen molar-refractivity contribution < 1.29 is 0 Å². The number of rotatable bonds is 2. The molecule has 1 aliphatic rings. The largest absolute Gasteiger partial charge is 0.117 e. The first-order valence-corrected chi connectivity index (χ1v) is 5.30. The molecule has 1 aromatic rings. The molecule has 0 aromatic heterocycles. The smallest absolute Gasteiger partial charge is 0.0619 e. The molecule has 2 atom stereocenters. The fourth-order valence-electron chi connectivity index (χ4n) is 1.86. The summed E-state index contributed by atoms with van der Waals surface area (Å²) in [6, 6.07) is 8.41. The second kappa shape index (κ2) is 4.02. The van der Waals surface area contributed by atoms with Crippen molar-refractivity contribution in [3.63, 3.8) is 0 Å². The van der Waals surface area contributed by atoms with Crippen LogP contribution in [0, 0.1) is 0 Å². The van der Waals surface area contributed by atoms with Crippen molar-refractivity contribution in [1.82, 2.24) is 0 Å².